The molecule has 0 unspecified atom stereocenters. The molecule has 0 saturated carbocycles. The Morgan fingerprint density at radius 2 is 1.90 bits per heavy atom. The lowest BCUT2D eigenvalue weighted by molar-refractivity contribution is 0.0915. The van der Waals surface area contributed by atoms with E-state index in [9.17, 15) is 14.3 Å². The Morgan fingerprint density at radius 1 is 1.16 bits per heavy atom. The average molecular weight is 419 g/mol. The number of aliphatic hydroxyl groups excluding tert-OH is 1. The Hall–Kier alpha value is -4.03. The van der Waals surface area contributed by atoms with Crippen molar-refractivity contribution >= 4 is 11.0 Å². The molecule has 0 radical (unpaired) electrons. The number of fused-ring (bicyclic) bond motifs is 1. The number of nitriles is 1. The van der Waals surface area contributed by atoms with Gasteiger partial charge in [0.25, 0.3) is 5.56 Å². The molecule has 31 heavy (non-hydrogen) atoms. The van der Waals surface area contributed by atoms with Gasteiger partial charge in [-0.25, -0.2) is 14.1 Å². The third-order valence-electron chi connectivity index (χ3n) is 4.68. The SMILES string of the molecule is N#CCc1ccc(OC[C@H](O)Cn2cnc3c(cnn3-c3ccc(F)cc3)c2=O)cc1. The van der Waals surface area contributed by atoms with Crippen LogP contribution in [0.5, 0.6) is 5.75 Å². The van der Waals surface area contributed by atoms with Crippen LogP contribution < -0.4 is 10.3 Å². The molecule has 0 bridgehead atoms. The molecule has 2 aromatic heterocycles. The van der Waals surface area contributed by atoms with Gasteiger partial charge in [0.15, 0.2) is 5.65 Å². The molecule has 0 saturated heterocycles. The number of benzene rings is 2. The molecular formula is C22H18FN5O3. The first-order valence-electron chi connectivity index (χ1n) is 9.51. The van der Waals surface area contributed by atoms with E-state index in [1.807, 2.05) is 0 Å². The summed E-state index contributed by atoms with van der Waals surface area (Å²) < 4.78 is 21.5. The van der Waals surface area contributed by atoms with Crippen LogP contribution in [0.3, 0.4) is 0 Å². The summed E-state index contributed by atoms with van der Waals surface area (Å²) in [4.78, 5) is 17.1. The van der Waals surface area contributed by atoms with Crippen LogP contribution in [0, 0.1) is 17.1 Å². The van der Waals surface area contributed by atoms with Crippen molar-refractivity contribution in [1.82, 2.24) is 19.3 Å². The summed E-state index contributed by atoms with van der Waals surface area (Å²) in [5.41, 5.74) is 1.45. The van der Waals surface area contributed by atoms with Gasteiger partial charge in [-0.2, -0.15) is 10.4 Å². The maximum Gasteiger partial charge on any atom is 0.264 e. The summed E-state index contributed by atoms with van der Waals surface area (Å²) in [5, 5.41) is 23.5. The first kappa shape index (κ1) is 20.3. The number of nitrogens with zero attached hydrogens (tertiary/aromatic N) is 5. The molecule has 2 aromatic carbocycles. The number of hydrogen-bond acceptors (Lipinski definition) is 6. The van der Waals surface area contributed by atoms with Crippen LogP contribution in [-0.2, 0) is 13.0 Å². The number of aliphatic hydroxyl groups is 1. The van der Waals surface area contributed by atoms with E-state index in [4.69, 9.17) is 10.00 Å². The molecule has 156 valence electrons. The first-order valence-corrected chi connectivity index (χ1v) is 9.51. The molecule has 2 heterocycles. The molecule has 4 aromatic rings. The van der Waals surface area contributed by atoms with E-state index in [0.29, 0.717) is 23.5 Å². The van der Waals surface area contributed by atoms with Crippen molar-refractivity contribution in [2.24, 2.45) is 0 Å². The van der Waals surface area contributed by atoms with Crippen molar-refractivity contribution in [1.29, 1.82) is 5.26 Å². The molecule has 1 atom stereocenters. The van der Waals surface area contributed by atoms with Crippen molar-refractivity contribution in [3.63, 3.8) is 0 Å². The molecule has 0 amide bonds. The van der Waals surface area contributed by atoms with Crippen LogP contribution in [0.2, 0.25) is 0 Å². The van der Waals surface area contributed by atoms with E-state index in [1.54, 1.807) is 36.4 Å². The van der Waals surface area contributed by atoms with Crippen LogP contribution in [-0.4, -0.2) is 37.1 Å². The minimum Gasteiger partial charge on any atom is -0.491 e. The van der Waals surface area contributed by atoms with Crippen molar-refractivity contribution < 1.29 is 14.2 Å². The largest absolute Gasteiger partial charge is 0.491 e. The molecule has 0 aliphatic carbocycles. The minimum absolute atomic E-state index is 0.00395. The molecule has 0 aliphatic heterocycles. The van der Waals surface area contributed by atoms with Gasteiger partial charge < -0.3 is 9.84 Å². The van der Waals surface area contributed by atoms with Gasteiger partial charge in [-0.05, 0) is 42.0 Å². The zero-order valence-corrected chi connectivity index (χ0v) is 16.3. The summed E-state index contributed by atoms with van der Waals surface area (Å²) in [6, 6.07) is 14.8. The maximum atomic E-state index is 13.2. The fourth-order valence-electron chi connectivity index (χ4n) is 3.12. The fraction of sp³-hybridized carbons (Fsp3) is 0.182. The van der Waals surface area contributed by atoms with E-state index in [-0.39, 0.29) is 29.9 Å². The van der Waals surface area contributed by atoms with E-state index < -0.39 is 6.10 Å². The summed E-state index contributed by atoms with van der Waals surface area (Å²) in [7, 11) is 0. The maximum absolute atomic E-state index is 13.2. The molecule has 4 rings (SSSR count). The number of halogens is 1. The highest BCUT2D eigenvalue weighted by molar-refractivity contribution is 5.74. The summed E-state index contributed by atoms with van der Waals surface area (Å²) in [6.45, 7) is -0.0209. The minimum atomic E-state index is -0.942. The standard InChI is InChI=1S/C22H18FN5O3/c23-16-3-5-17(6-4-16)28-21-20(11-26-28)22(30)27(14-25-21)12-18(29)13-31-19-7-1-15(2-8-19)9-10-24/h1-8,11,14,18,29H,9,12-13H2/t18-/m1/s1. The lowest BCUT2D eigenvalue weighted by Gasteiger charge is -2.14. The fourth-order valence-corrected chi connectivity index (χ4v) is 3.12. The normalized spacial score (nSPS) is 11.9. The number of ether oxygens (including phenoxy) is 1. The monoisotopic (exact) mass is 419 g/mol. The van der Waals surface area contributed by atoms with Crippen LogP contribution in [0.15, 0.2) is 65.8 Å². The summed E-state index contributed by atoms with van der Waals surface area (Å²) in [6.07, 6.45) is 2.12. The number of hydrogen-bond donors (Lipinski definition) is 1. The molecule has 9 heteroatoms. The van der Waals surface area contributed by atoms with Crippen LogP contribution >= 0.6 is 0 Å². The van der Waals surface area contributed by atoms with Crippen LogP contribution in [0.25, 0.3) is 16.7 Å². The van der Waals surface area contributed by atoms with Gasteiger partial charge in [0.05, 0.1) is 30.9 Å². The molecular weight excluding hydrogens is 401 g/mol. The number of rotatable bonds is 7. The third-order valence-corrected chi connectivity index (χ3v) is 4.68. The zero-order valence-electron chi connectivity index (χ0n) is 16.3. The summed E-state index contributed by atoms with van der Waals surface area (Å²) in [5.74, 6) is 0.187. The second-order valence-corrected chi connectivity index (χ2v) is 6.92. The topological polar surface area (TPSA) is 106 Å². The predicted octanol–water partition coefficient (Wildman–Crippen LogP) is 2.23. The Balaban J connectivity index is 1.46. The van der Waals surface area contributed by atoms with Crippen molar-refractivity contribution in [2.75, 3.05) is 6.61 Å². The first-order chi connectivity index (χ1) is 15.0. The van der Waals surface area contributed by atoms with E-state index in [1.165, 1.54) is 33.9 Å². The second-order valence-electron chi connectivity index (χ2n) is 6.92. The Bertz CT molecular complexity index is 1290. The van der Waals surface area contributed by atoms with Crippen molar-refractivity contribution in [2.45, 2.75) is 19.1 Å². The lowest BCUT2D eigenvalue weighted by Crippen LogP contribution is -2.30. The van der Waals surface area contributed by atoms with Gasteiger partial charge in [-0.3, -0.25) is 9.36 Å². The van der Waals surface area contributed by atoms with Gasteiger partial charge in [0, 0.05) is 0 Å². The Kier molecular flexibility index (Phi) is 5.73. The predicted molar refractivity (Wildman–Crippen MR) is 110 cm³/mol. The second kappa shape index (κ2) is 8.77. The molecule has 1 N–H and O–H groups in total. The van der Waals surface area contributed by atoms with Crippen LogP contribution in [0.1, 0.15) is 5.56 Å². The number of aromatic nitrogens is 4. The average Bonchev–Trinajstić information content (AvgIpc) is 3.21. The smallest absolute Gasteiger partial charge is 0.264 e. The molecule has 0 aliphatic rings. The highest BCUT2D eigenvalue weighted by Crippen LogP contribution is 2.15. The summed E-state index contributed by atoms with van der Waals surface area (Å²) >= 11 is 0. The quantitative estimate of drug-likeness (QED) is 0.492. The third kappa shape index (κ3) is 4.44. The van der Waals surface area contributed by atoms with Crippen molar-refractivity contribution in [3.05, 3.63) is 82.8 Å². The van der Waals surface area contributed by atoms with Gasteiger partial charge in [0.1, 0.15) is 36.0 Å². The highest BCUT2D eigenvalue weighted by Gasteiger charge is 2.14. The Labute approximate surface area is 176 Å². The van der Waals surface area contributed by atoms with E-state index in [2.05, 4.69) is 16.2 Å². The van der Waals surface area contributed by atoms with E-state index in [0.717, 1.165) is 5.56 Å². The van der Waals surface area contributed by atoms with Gasteiger partial charge in [-0.1, -0.05) is 12.1 Å². The zero-order chi connectivity index (χ0) is 21.8. The van der Waals surface area contributed by atoms with Crippen LogP contribution in [0.4, 0.5) is 4.39 Å². The van der Waals surface area contributed by atoms with Gasteiger partial charge >= 0.3 is 0 Å². The van der Waals surface area contributed by atoms with Gasteiger partial charge in [-0.15, -0.1) is 0 Å². The Morgan fingerprint density at radius 3 is 2.61 bits per heavy atom. The van der Waals surface area contributed by atoms with E-state index >= 15 is 0 Å². The van der Waals surface area contributed by atoms with Gasteiger partial charge in [0.2, 0.25) is 0 Å². The highest BCUT2D eigenvalue weighted by atomic mass is 19.1. The molecule has 0 fully saturated rings. The molecule has 0 spiro atoms. The lowest BCUT2D eigenvalue weighted by atomic mass is 10.2. The molecule has 8 nitrogen and oxygen atoms in total. The van der Waals surface area contributed by atoms with Crippen molar-refractivity contribution in [3.8, 4) is 17.5 Å².